The van der Waals surface area contributed by atoms with Gasteiger partial charge in [0.15, 0.2) is 0 Å². The fourth-order valence-electron chi connectivity index (χ4n) is 2.07. The molecule has 1 atom stereocenters. The Kier molecular flexibility index (Phi) is 4.74. The Morgan fingerprint density at radius 3 is 2.55 bits per heavy atom. The van der Waals surface area contributed by atoms with Gasteiger partial charge in [0.25, 0.3) is 0 Å². The van der Waals surface area contributed by atoms with E-state index < -0.39 is 0 Å². The molecule has 106 valence electrons. The third kappa shape index (κ3) is 3.58. The monoisotopic (exact) mass is 270 g/mol. The third-order valence-corrected chi connectivity index (χ3v) is 3.24. The van der Waals surface area contributed by atoms with E-state index in [-0.39, 0.29) is 6.10 Å². The minimum atomic E-state index is 0.155. The normalized spacial score (nSPS) is 12.4. The summed E-state index contributed by atoms with van der Waals surface area (Å²) in [6.45, 7) is 6.18. The van der Waals surface area contributed by atoms with E-state index in [1.807, 2.05) is 33.2 Å². The molecular weight excluding hydrogens is 248 g/mol. The Bertz CT molecular complexity index is 566. The number of nitrogens with one attached hydrogen (secondary N) is 1. The second-order valence-corrected chi connectivity index (χ2v) is 5.21. The zero-order valence-corrected chi connectivity index (χ0v) is 12.6. The number of rotatable bonds is 5. The van der Waals surface area contributed by atoms with Crippen LogP contribution >= 0.6 is 0 Å². The molecule has 20 heavy (non-hydrogen) atoms. The van der Waals surface area contributed by atoms with Crippen LogP contribution in [0.1, 0.15) is 32.4 Å². The molecule has 0 amide bonds. The van der Waals surface area contributed by atoms with Crippen molar-refractivity contribution in [3.8, 4) is 16.9 Å². The van der Waals surface area contributed by atoms with E-state index >= 15 is 0 Å². The highest BCUT2D eigenvalue weighted by molar-refractivity contribution is 5.64. The first-order valence-corrected chi connectivity index (χ1v) is 6.99. The average molecular weight is 270 g/mol. The largest absolute Gasteiger partial charge is 0.489 e. The average Bonchev–Trinajstić information content (AvgIpc) is 2.46. The van der Waals surface area contributed by atoms with Crippen LogP contribution in [0.5, 0.6) is 5.75 Å². The van der Waals surface area contributed by atoms with Crippen molar-refractivity contribution in [3.05, 3.63) is 48.3 Å². The van der Waals surface area contributed by atoms with Gasteiger partial charge < -0.3 is 10.1 Å². The molecule has 1 aromatic heterocycles. The van der Waals surface area contributed by atoms with E-state index in [1.165, 1.54) is 5.56 Å². The van der Waals surface area contributed by atoms with Crippen LogP contribution in [0.25, 0.3) is 11.1 Å². The maximum absolute atomic E-state index is 5.70. The minimum Gasteiger partial charge on any atom is -0.489 e. The first kappa shape index (κ1) is 14.5. The molecule has 0 fully saturated rings. The van der Waals surface area contributed by atoms with Gasteiger partial charge in [-0.05, 0) is 51.1 Å². The Labute approximate surface area is 121 Å². The van der Waals surface area contributed by atoms with Crippen LogP contribution in [0, 0.1) is 0 Å². The van der Waals surface area contributed by atoms with Crippen LogP contribution in [-0.4, -0.2) is 18.1 Å². The maximum Gasteiger partial charge on any atom is 0.138 e. The fourth-order valence-corrected chi connectivity index (χ4v) is 2.07. The Hall–Kier alpha value is -1.87. The van der Waals surface area contributed by atoms with E-state index in [0.717, 1.165) is 16.9 Å². The lowest BCUT2D eigenvalue weighted by molar-refractivity contribution is 0.241. The number of hydrogen-bond acceptors (Lipinski definition) is 3. The maximum atomic E-state index is 5.70. The summed E-state index contributed by atoms with van der Waals surface area (Å²) in [5.41, 5.74) is 3.50. The smallest absolute Gasteiger partial charge is 0.138 e. The van der Waals surface area contributed by atoms with Gasteiger partial charge in [0.05, 0.1) is 12.3 Å². The molecule has 0 radical (unpaired) electrons. The molecule has 0 bridgehead atoms. The molecule has 1 heterocycles. The van der Waals surface area contributed by atoms with Gasteiger partial charge in [-0.3, -0.25) is 4.98 Å². The van der Waals surface area contributed by atoms with Crippen LogP contribution in [0.15, 0.2) is 42.7 Å². The molecular formula is C17H22N2O. The van der Waals surface area contributed by atoms with Crippen molar-refractivity contribution in [2.75, 3.05) is 7.05 Å². The van der Waals surface area contributed by atoms with Gasteiger partial charge >= 0.3 is 0 Å². The summed E-state index contributed by atoms with van der Waals surface area (Å²) in [7, 11) is 1.97. The van der Waals surface area contributed by atoms with E-state index in [9.17, 15) is 0 Å². The summed E-state index contributed by atoms with van der Waals surface area (Å²) in [5, 5.41) is 3.26. The number of benzene rings is 1. The summed E-state index contributed by atoms with van der Waals surface area (Å²) in [6.07, 6.45) is 3.78. The van der Waals surface area contributed by atoms with Gasteiger partial charge in [0.1, 0.15) is 5.75 Å². The molecule has 2 aromatic rings. The summed E-state index contributed by atoms with van der Waals surface area (Å²) in [5.74, 6) is 0.810. The van der Waals surface area contributed by atoms with Crippen LogP contribution in [0.3, 0.4) is 0 Å². The van der Waals surface area contributed by atoms with Crippen molar-refractivity contribution in [1.82, 2.24) is 10.3 Å². The van der Waals surface area contributed by atoms with Crippen molar-refractivity contribution >= 4 is 0 Å². The van der Waals surface area contributed by atoms with Gasteiger partial charge in [-0.1, -0.05) is 18.2 Å². The third-order valence-electron chi connectivity index (χ3n) is 3.24. The van der Waals surface area contributed by atoms with Crippen LogP contribution in [0.2, 0.25) is 0 Å². The molecule has 0 saturated heterocycles. The molecule has 0 aliphatic heterocycles. The molecule has 0 spiro atoms. The van der Waals surface area contributed by atoms with E-state index in [1.54, 1.807) is 6.20 Å². The van der Waals surface area contributed by atoms with Gasteiger partial charge in [0.2, 0.25) is 0 Å². The summed E-state index contributed by atoms with van der Waals surface area (Å²) < 4.78 is 5.70. The summed E-state index contributed by atoms with van der Waals surface area (Å²) in [6, 6.07) is 10.9. The fraction of sp³-hybridized carbons (Fsp3) is 0.353. The highest BCUT2D eigenvalue weighted by Crippen LogP contribution is 2.25. The molecule has 3 heteroatoms. The topological polar surface area (TPSA) is 34.2 Å². The molecule has 0 saturated carbocycles. The Morgan fingerprint density at radius 1 is 1.05 bits per heavy atom. The standard InChI is InChI=1S/C17H22N2O/c1-12(2)20-17-9-16(10-19-11-17)15-7-5-6-14(8-15)13(3)18-4/h5-13,18H,1-4H3. The van der Waals surface area contributed by atoms with Gasteiger partial charge in [-0.15, -0.1) is 0 Å². The predicted molar refractivity (Wildman–Crippen MR) is 82.9 cm³/mol. The molecule has 1 aromatic carbocycles. The van der Waals surface area contributed by atoms with Crippen molar-refractivity contribution in [2.24, 2.45) is 0 Å². The molecule has 1 N–H and O–H groups in total. The van der Waals surface area contributed by atoms with Crippen molar-refractivity contribution in [1.29, 1.82) is 0 Å². The number of nitrogens with zero attached hydrogens (tertiary/aromatic N) is 1. The number of aromatic nitrogens is 1. The van der Waals surface area contributed by atoms with E-state index in [0.29, 0.717) is 6.04 Å². The highest BCUT2D eigenvalue weighted by atomic mass is 16.5. The molecule has 1 unspecified atom stereocenters. The van der Waals surface area contributed by atoms with E-state index in [4.69, 9.17) is 4.74 Å². The quantitative estimate of drug-likeness (QED) is 0.897. The number of hydrogen-bond donors (Lipinski definition) is 1. The van der Waals surface area contributed by atoms with Gasteiger partial charge in [-0.25, -0.2) is 0 Å². The van der Waals surface area contributed by atoms with Crippen molar-refractivity contribution < 1.29 is 4.74 Å². The SMILES string of the molecule is CNC(C)c1cccc(-c2cncc(OC(C)C)c2)c1. The molecule has 0 aliphatic rings. The number of ether oxygens (including phenoxy) is 1. The molecule has 0 aliphatic carbocycles. The zero-order chi connectivity index (χ0) is 14.5. The van der Waals surface area contributed by atoms with Crippen molar-refractivity contribution in [2.45, 2.75) is 32.9 Å². The lowest BCUT2D eigenvalue weighted by Crippen LogP contribution is -2.12. The lowest BCUT2D eigenvalue weighted by Gasteiger charge is -2.13. The van der Waals surface area contributed by atoms with Crippen LogP contribution in [-0.2, 0) is 0 Å². The molecule has 2 rings (SSSR count). The predicted octanol–water partition coefficient (Wildman–Crippen LogP) is 3.82. The lowest BCUT2D eigenvalue weighted by atomic mass is 10.0. The van der Waals surface area contributed by atoms with Crippen molar-refractivity contribution in [3.63, 3.8) is 0 Å². The summed E-state index contributed by atoms with van der Waals surface area (Å²) in [4.78, 5) is 4.27. The minimum absolute atomic E-state index is 0.155. The van der Waals surface area contributed by atoms with Crippen LogP contribution < -0.4 is 10.1 Å². The second-order valence-electron chi connectivity index (χ2n) is 5.21. The zero-order valence-electron chi connectivity index (χ0n) is 12.6. The second kappa shape index (κ2) is 6.53. The molecule has 3 nitrogen and oxygen atoms in total. The highest BCUT2D eigenvalue weighted by Gasteiger charge is 2.06. The first-order valence-electron chi connectivity index (χ1n) is 6.99. The Morgan fingerprint density at radius 2 is 1.85 bits per heavy atom. The van der Waals surface area contributed by atoms with Crippen LogP contribution in [0.4, 0.5) is 0 Å². The Balaban J connectivity index is 2.31. The van der Waals surface area contributed by atoms with E-state index in [2.05, 4.69) is 41.5 Å². The summed E-state index contributed by atoms with van der Waals surface area (Å²) >= 11 is 0. The van der Waals surface area contributed by atoms with Gasteiger partial charge in [0, 0.05) is 17.8 Å². The number of pyridine rings is 1. The van der Waals surface area contributed by atoms with Gasteiger partial charge in [-0.2, -0.15) is 0 Å². The first-order chi connectivity index (χ1) is 9.60.